The number of carbonyl (C=O) groups is 2. The van der Waals surface area contributed by atoms with Crippen LogP contribution in [0.5, 0.6) is 0 Å². The topological polar surface area (TPSA) is 121 Å². The van der Waals surface area contributed by atoms with Gasteiger partial charge in [-0.15, -0.1) is 23.5 Å². The highest BCUT2D eigenvalue weighted by molar-refractivity contribution is 8.28. The van der Waals surface area contributed by atoms with E-state index in [9.17, 15) is 18.7 Å². The van der Waals surface area contributed by atoms with Gasteiger partial charge < -0.3 is 19.3 Å². The Morgan fingerprint density at radius 1 is 0.538 bits per heavy atom. The van der Waals surface area contributed by atoms with Crippen molar-refractivity contribution in [1.29, 1.82) is 0 Å². The van der Waals surface area contributed by atoms with Crippen molar-refractivity contribution < 1.29 is 28.9 Å². The zero-order valence-corrected chi connectivity index (χ0v) is 31.7. The van der Waals surface area contributed by atoms with E-state index in [2.05, 4.69) is 0 Å². The second-order valence-electron chi connectivity index (χ2n) is 7.06. The van der Waals surface area contributed by atoms with Gasteiger partial charge >= 0.3 is 0 Å². The Morgan fingerprint density at radius 3 is 1.49 bits per heavy atom. The van der Waals surface area contributed by atoms with Gasteiger partial charge in [-0.25, -0.2) is 0 Å². The minimum absolute atomic E-state index is 0.0237. The van der Waals surface area contributed by atoms with Crippen molar-refractivity contribution in [3.63, 3.8) is 0 Å². The zero-order valence-electron chi connectivity index (χ0n) is 21.9. The van der Waals surface area contributed by atoms with Crippen LogP contribution in [0.2, 0.25) is 0 Å². The average molecular weight is 773 g/mol. The molecule has 0 saturated carbocycles. The summed E-state index contributed by atoms with van der Waals surface area (Å²) in [5.41, 5.74) is 0. The van der Waals surface area contributed by atoms with Crippen LogP contribution in [-0.4, -0.2) is 112 Å². The van der Waals surface area contributed by atoms with Crippen LogP contribution in [0.1, 0.15) is 25.7 Å². The first-order valence-electron chi connectivity index (χ1n) is 11.8. The molecule has 18 heteroatoms. The molecule has 0 heterocycles. The third kappa shape index (κ3) is 34.1. The molecule has 2 N–H and O–H groups in total. The third-order valence-electron chi connectivity index (χ3n) is 3.94. The van der Waals surface area contributed by atoms with Crippen molar-refractivity contribution in [2.24, 2.45) is 0 Å². The largest absolute Gasteiger partial charge is 0.616 e. The van der Waals surface area contributed by atoms with Gasteiger partial charge in [0.05, 0.1) is 11.9 Å². The molecular formula is C21H40O6S12. The Morgan fingerprint density at radius 2 is 0.974 bits per heavy atom. The van der Waals surface area contributed by atoms with Crippen LogP contribution in [0, 0.1) is 0 Å². The second-order valence-corrected chi connectivity index (χ2v) is 23.1. The molecule has 39 heavy (non-hydrogen) atoms. The third-order valence-corrected chi connectivity index (χ3v) is 18.7. The Bertz CT molecular complexity index is 569. The summed E-state index contributed by atoms with van der Waals surface area (Å²) in [5.74, 6) is 5.09. The van der Waals surface area contributed by atoms with E-state index in [1.807, 2.05) is 23.5 Å². The fraction of sp³-hybridized carbons (Fsp3) is 0.905. The minimum Gasteiger partial charge on any atom is -0.616 e. The summed E-state index contributed by atoms with van der Waals surface area (Å²) in [6.07, 6.45) is 2.99. The Kier molecular flexibility index (Phi) is 37.2. The zero-order chi connectivity index (χ0) is 28.8. The smallest absolute Gasteiger partial charge is 0.190 e. The Balaban J connectivity index is 3.35. The second kappa shape index (κ2) is 34.3. The molecule has 0 radical (unpaired) electrons. The molecule has 0 aliphatic rings. The molecule has 0 saturated heterocycles. The van der Waals surface area contributed by atoms with Crippen LogP contribution in [0.4, 0.5) is 0 Å². The van der Waals surface area contributed by atoms with Crippen molar-refractivity contribution in [1.82, 2.24) is 0 Å². The molecule has 0 bridgehead atoms. The average Bonchev–Trinajstić information content (AvgIpc) is 2.92. The van der Waals surface area contributed by atoms with Gasteiger partial charge in [0.25, 0.3) is 0 Å². The number of carbonyl (C=O) groups excluding carboxylic acids is 2. The summed E-state index contributed by atoms with van der Waals surface area (Å²) in [6, 6.07) is 0. The summed E-state index contributed by atoms with van der Waals surface area (Å²) >= 11 is 14.2. The van der Waals surface area contributed by atoms with E-state index >= 15 is 0 Å². The SMILES string of the molecule is O=C(CCSCSCCC[S+]([O-])CSCSCSC(=O)CCSCSCCC[S+]([O-])CSCO)SCSCO. The van der Waals surface area contributed by atoms with Crippen LogP contribution < -0.4 is 0 Å². The van der Waals surface area contributed by atoms with E-state index in [-0.39, 0.29) is 22.1 Å². The van der Waals surface area contributed by atoms with Gasteiger partial charge in [0, 0.05) is 62.6 Å². The van der Waals surface area contributed by atoms with Crippen molar-refractivity contribution in [3.8, 4) is 0 Å². The molecule has 0 aliphatic heterocycles. The molecule has 6 nitrogen and oxygen atoms in total. The van der Waals surface area contributed by atoms with Gasteiger partial charge in [-0.1, -0.05) is 47.0 Å². The highest BCUT2D eigenvalue weighted by Gasteiger charge is 2.08. The number of hydrogen-bond acceptors (Lipinski definition) is 16. The lowest BCUT2D eigenvalue weighted by Crippen LogP contribution is -2.10. The van der Waals surface area contributed by atoms with Crippen LogP contribution >= 0.6 is 118 Å². The molecule has 2 atom stereocenters. The number of aliphatic hydroxyl groups excluding tert-OH is 2. The first-order chi connectivity index (χ1) is 19.0. The maximum Gasteiger partial charge on any atom is 0.190 e. The van der Waals surface area contributed by atoms with Crippen LogP contribution in [0.3, 0.4) is 0 Å². The number of aliphatic hydroxyl groups is 2. The molecule has 0 fully saturated rings. The molecule has 0 aromatic carbocycles. The number of thioether (sulfide) groups is 10. The molecule has 0 aromatic heterocycles. The van der Waals surface area contributed by atoms with E-state index in [0.717, 1.165) is 61.9 Å². The van der Waals surface area contributed by atoms with Gasteiger partial charge in [-0.2, -0.15) is 47.0 Å². The van der Waals surface area contributed by atoms with E-state index in [0.29, 0.717) is 33.8 Å². The normalized spacial score (nSPS) is 13.0. The Hall–Kier alpha value is 3.38. The summed E-state index contributed by atoms with van der Waals surface area (Å²) in [5, 5.41) is 23.0. The van der Waals surface area contributed by atoms with Gasteiger partial charge in [0.1, 0.15) is 11.5 Å². The summed E-state index contributed by atoms with van der Waals surface area (Å²) in [4.78, 5) is 23.6. The maximum atomic E-state index is 12.1. The fourth-order valence-corrected chi connectivity index (χ4v) is 15.4. The predicted molar refractivity (Wildman–Crippen MR) is 198 cm³/mol. The van der Waals surface area contributed by atoms with Gasteiger partial charge in [0.2, 0.25) is 0 Å². The lowest BCUT2D eigenvalue weighted by atomic mass is 10.5. The predicted octanol–water partition coefficient (Wildman–Crippen LogP) is 6.03. The first-order valence-corrected chi connectivity index (χ1v) is 26.0. The lowest BCUT2D eigenvalue weighted by molar-refractivity contribution is -0.111. The minimum atomic E-state index is -0.846. The molecule has 2 unspecified atom stereocenters. The standard InChI is InChI=1S/C21H40O6S12/c22-11-32-16-36-20(24)3-7-30-14-29-6-2-10-39(27)19-35-15-34-17-37-21(25)4-8-31-13-28-5-1-9-38(26)18-33-12-23/h22-23H,1-19H2. The fourth-order valence-electron chi connectivity index (χ4n) is 2.17. The summed E-state index contributed by atoms with van der Waals surface area (Å²) in [7, 11) is 0. The molecule has 0 spiro atoms. The molecular weight excluding hydrogens is 733 g/mol. The molecule has 232 valence electrons. The summed E-state index contributed by atoms with van der Waals surface area (Å²) < 4.78 is 23.7. The van der Waals surface area contributed by atoms with Crippen molar-refractivity contribution >= 4 is 150 Å². The highest BCUT2D eigenvalue weighted by atomic mass is 32.3. The van der Waals surface area contributed by atoms with Crippen molar-refractivity contribution in [2.45, 2.75) is 25.7 Å². The summed E-state index contributed by atoms with van der Waals surface area (Å²) in [6.45, 7) is 0. The quantitative estimate of drug-likeness (QED) is 0.0502. The van der Waals surface area contributed by atoms with E-state index in [4.69, 9.17) is 10.2 Å². The lowest BCUT2D eigenvalue weighted by Gasteiger charge is -2.10. The number of hydrogen-bond donors (Lipinski definition) is 2. The van der Waals surface area contributed by atoms with Crippen molar-refractivity contribution in [3.05, 3.63) is 0 Å². The van der Waals surface area contributed by atoms with Crippen LogP contribution in [-0.2, 0) is 31.9 Å². The monoisotopic (exact) mass is 772 g/mol. The van der Waals surface area contributed by atoms with Crippen LogP contribution in [0.15, 0.2) is 0 Å². The van der Waals surface area contributed by atoms with Gasteiger partial charge in [-0.3, -0.25) is 9.59 Å². The van der Waals surface area contributed by atoms with Gasteiger partial charge in [0.15, 0.2) is 20.4 Å². The number of rotatable bonds is 30. The molecule has 0 rings (SSSR count). The van der Waals surface area contributed by atoms with E-state index in [1.165, 1.54) is 47.0 Å². The van der Waals surface area contributed by atoms with Crippen molar-refractivity contribution in [2.75, 3.05) is 82.0 Å². The molecule has 0 amide bonds. The highest BCUT2D eigenvalue weighted by Crippen LogP contribution is 2.23. The van der Waals surface area contributed by atoms with Gasteiger partial charge in [-0.05, 0) is 33.9 Å². The molecule has 0 aromatic rings. The van der Waals surface area contributed by atoms with Crippen LogP contribution in [0.25, 0.3) is 0 Å². The first kappa shape index (κ1) is 42.4. The van der Waals surface area contributed by atoms with E-state index < -0.39 is 22.4 Å². The van der Waals surface area contributed by atoms with E-state index in [1.54, 1.807) is 47.0 Å². The Labute approximate surface area is 283 Å². The maximum absolute atomic E-state index is 12.1. The molecule has 0 aliphatic carbocycles.